The van der Waals surface area contributed by atoms with E-state index in [1.165, 1.54) is 19.4 Å². The van der Waals surface area contributed by atoms with Crippen molar-refractivity contribution < 1.29 is 35.8 Å². The van der Waals surface area contributed by atoms with E-state index in [4.69, 9.17) is 24.3 Å². The number of nitrogens with zero attached hydrogens (tertiary/aromatic N) is 5. The zero-order valence-corrected chi connectivity index (χ0v) is 28.2. The molecular weight excluding hydrogens is 661 g/mol. The van der Waals surface area contributed by atoms with E-state index in [9.17, 15) is 17.2 Å². The maximum atomic E-state index is 17.0. The Kier molecular flexibility index (Phi) is 9.05. The number of aromatic nitrogens is 3. The zero-order valence-electron chi connectivity index (χ0n) is 27.4. The second kappa shape index (κ2) is 13.2. The Balaban J connectivity index is 1.36. The largest absolute Gasteiger partial charge is 0.468 e. The number of benzene rings is 2. The van der Waals surface area contributed by atoms with Crippen LogP contribution in [0.4, 0.5) is 19.0 Å². The van der Waals surface area contributed by atoms with Crippen LogP contribution in [0.15, 0.2) is 30.5 Å². The summed E-state index contributed by atoms with van der Waals surface area (Å²) in [5, 5.41) is 6.77. The first-order valence-corrected chi connectivity index (χ1v) is 18.1. The van der Waals surface area contributed by atoms with E-state index in [0.29, 0.717) is 77.7 Å². The number of primary sulfonamides is 1. The van der Waals surface area contributed by atoms with Crippen LogP contribution in [0.5, 0.6) is 11.8 Å². The quantitative estimate of drug-likeness (QED) is 0.229. The number of anilines is 1. The van der Waals surface area contributed by atoms with Crippen molar-refractivity contribution in [2.75, 3.05) is 57.3 Å². The molecule has 15 heteroatoms. The lowest BCUT2D eigenvalue weighted by Crippen LogP contribution is -2.43. The van der Waals surface area contributed by atoms with Crippen molar-refractivity contribution in [2.45, 2.75) is 50.7 Å². The van der Waals surface area contributed by atoms with Crippen LogP contribution < -0.4 is 19.5 Å². The molecule has 0 spiro atoms. The summed E-state index contributed by atoms with van der Waals surface area (Å²) >= 11 is 0. The van der Waals surface area contributed by atoms with Gasteiger partial charge in [-0.15, -0.1) is 0 Å². The molecule has 1 unspecified atom stereocenters. The number of piperidine rings is 1. The van der Waals surface area contributed by atoms with E-state index in [2.05, 4.69) is 14.9 Å². The summed E-state index contributed by atoms with van der Waals surface area (Å²) in [6.45, 7) is 3.66. The summed E-state index contributed by atoms with van der Waals surface area (Å²) in [4.78, 5) is 17.8. The van der Waals surface area contributed by atoms with Gasteiger partial charge in [0, 0.05) is 44.9 Å². The first-order valence-electron chi connectivity index (χ1n) is 16.4. The van der Waals surface area contributed by atoms with Crippen LogP contribution in [0.3, 0.4) is 0 Å². The molecule has 5 heterocycles. The van der Waals surface area contributed by atoms with Gasteiger partial charge in [-0.25, -0.2) is 26.7 Å². The molecule has 4 aromatic rings. The number of nitrogens with two attached hydrogens (primary N) is 1. The van der Waals surface area contributed by atoms with Crippen molar-refractivity contribution in [3.8, 4) is 23.0 Å². The molecule has 2 N–H and O–H groups in total. The normalized spacial score (nSPS) is 23.0. The van der Waals surface area contributed by atoms with Gasteiger partial charge in [0.1, 0.15) is 41.4 Å². The van der Waals surface area contributed by atoms with Gasteiger partial charge in [-0.1, -0.05) is 6.07 Å². The Bertz CT molecular complexity index is 2020. The first-order chi connectivity index (χ1) is 23.4. The predicted octanol–water partition coefficient (Wildman–Crippen LogP) is 4.87. The summed E-state index contributed by atoms with van der Waals surface area (Å²) in [6.07, 6.45) is 3.86. The summed E-state index contributed by atoms with van der Waals surface area (Å²) in [6, 6.07) is 6.17. The third kappa shape index (κ3) is 6.60. The maximum Gasteiger partial charge on any atom is 0.319 e. The Morgan fingerprint density at radius 3 is 2.73 bits per heavy atom. The molecule has 3 aliphatic heterocycles. The van der Waals surface area contributed by atoms with Crippen LogP contribution in [-0.4, -0.2) is 92.4 Å². The first kappa shape index (κ1) is 33.7. The van der Waals surface area contributed by atoms with Crippen molar-refractivity contribution in [3.63, 3.8) is 0 Å². The Morgan fingerprint density at radius 2 is 1.94 bits per heavy atom. The third-order valence-corrected chi connectivity index (χ3v) is 11.0. The fourth-order valence-electron chi connectivity index (χ4n) is 7.88. The monoisotopic (exact) mass is 700 g/mol. The average Bonchev–Trinajstić information content (AvgIpc) is 3.59. The number of aryl methyl sites for hydroxylation is 1. The molecule has 0 radical (unpaired) electrons. The number of pyridine rings is 1. The van der Waals surface area contributed by atoms with Gasteiger partial charge < -0.3 is 19.1 Å². The number of hydrogen-bond donors (Lipinski definition) is 1. The summed E-state index contributed by atoms with van der Waals surface area (Å²) in [7, 11) is -2.24. The highest BCUT2D eigenvalue weighted by atomic mass is 32.2. The van der Waals surface area contributed by atoms with Gasteiger partial charge in [0.05, 0.1) is 16.7 Å². The van der Waals surface area contributed by atoms with Crippen molar-refractivity contribution in [1.82, 2.24) is 19.9 Å². The minimum Gasteiger partial charge on any atom is -0.468 e. The van der Waals surface area contributed by atoms with Gasteiger partial charge >= 0.3 is 6.01 Å². The Hall–Kier alpha value is -3.79. The molecule has 7 rings (SSSR count). The second-order valence-electron chi connectivity index (χ2n) is 13.5. The van der Waals surface area contributed by atoms with E-state index >= 15 is 4.39 Å². The van der Waals surface area contributed by atoms with Crippen LogP contribution in [0.25, 0.3) is 32.9 Å². The van der Waals surface area contributed by atoms with Crippen LogP contribution in [0.2, 0.25) is 0 Å². The highest BCUT2D eigenvalue weighted by Gasteiger charge is 2.49. The molecule has 0 saturated carbocycles. The number of sulfonamides is 1. The molecule has 49 heavy (non-hydrogen) atoms. The molecule has 0 amide bonds. The van der Waals surface area contributed by atoms with Crippen LogP contribution >= 0.6 is 0 Å². The smallest absolute Gasteiger partial charge is 0.319 e. The maximum absolute atomic E-state index is 17.0. The molecule has 3 fully saturated rings. The number of ether oxygens (including phenoxy) is 3. The Labute approximate surface area is 282 Å². The molecule has 2 aromatic heterocycles. The van der Waals surface area contributed by atoms with E-state index in [1.54, 1.807) is 25.1 Å². The van der Waals surface area contributed by atoms with Gasteiger partial charge in [-0.3, -0.25) is 9.88 Å². The molecule has 3 aliphatic rings. The molecule has 3 atom stereocenters. The molecule has 11 nitrogen and oxygen atoms in total. The minimum atomic E-state index is -3.73. The number of alkyl halides is 1. The average molecular weight is 701 g/mol. The van der Waals surface area contributed by atoms with Crippen LogP contribution in [-0.2, 0) is 14.8 Å². The molecule has 0 bridgehead atoms. The molecule has 0 aliphatic carbocycles. The van der Waals surface area contributed by atoms with Crippen LogP contribution in [0.1, 0.15) is 37.7 Å². The summed E-state index contributed by atoms with van der Waals surface area (Å²) in [5.74, 6) is -0.968. The fraction of sp³-hybridized carbons (Fsp3) is 0.500. The number of hydrogen-bond acceptors (Lipinski definition) is 10. The van der Waals surface area contributed by atoms with Crippen LogP contribution in [0, 0.1) is 24.5 Å². The highest BCUT2D eigenvalue weighted by molar-refractivity contribution is 7.89. The standard InChI is InChI=1S/C34H39F3N6O5S/c1-20-27(36)7-6-22-11-24(48-19-46-2)12-25(28(20)22)30-29(37)31-26(14-39-30)32(42-9-3-5-21(15-42)17-49(38,44)45)41-33(40-31)47-18-34-8-4-10-43(34)16-23(35)13-34/h6-7,11-12,14,21,23H,3-5,8-10,13,15-19H2,1-2H3,(H2,38,44,45)/t21?,23-,34+/m1/s1. The summed E-state index contributed by atoms with van der Waals surface area (Å²) < 4.78 is 87.3. The molecule has 3 saturated heterocycles. The second-order valence-corrected chi connectivity index (χ2v) is 15.1. The fourth-order valence-corrected chi connectivity index (χ4v) is 8.81. The zero-order chi connectivity index (χ0) is 34.5. The van der Waals surface area contributed by atoms with Crippen molar-refractivity contribution in [3.05, 3.63) is 47.7 Å². The lowest BCUT2D eigenvalue weighted by molar-refractivity contribution is 0.0512. The van der Waals surface area contributed by atoms with Crippen molar-refractivity contribution in [1.29, 1.82) is 0 Å². The lowest BCUT2D eigenvalue weighted by Gasteiger charge is -2.34. The van der Waals surface area contributed by atoms with E-state index < -0.39 is 33.4 Å². The molecular formula is C34H39F3N6O5S. The SMILES string of the molecule is COCOc1cc(-c2ncc3c(N4CCCC(CS(N)(=O)=O)C4)nc(OC[C@@]45CCCN4C[C@H](F)C5)nc3c2F)c2c(C)c(F)ccc2c1. The number of rotatable bonds is 10. The van der Waals surface area contributed by atoms with E-state index in [0.717, 1.165) is 19.4 Å². The summed E-state index contributed by atoms with van der Waals surface area (Å²) in [5.41, 5.74) is -0.0213. The van der Waals surface area contributed by atoms with E-state index in [1.807, 2.05) is 4.90 Å². The van der Waals surface area contributed by atoms with Gasteiger partial charge in [0.15, 0.2) is 12.6 Å². The number of fused-ring (bicyclic) bond motifs is 3. The number of methoxy groups -OCH3 is 1. The molecule has 262 valence electrons. The van der Waals surface area contributed by atoms with Crippen molar-refractivity contribution >= 4 is 37.5 Å². The number of halogens is 3. The van der Waals surface area contributed by atoms with Gasteiger partial charge in [-0.05, 0) is 79.6 Å². The van der Waals surface area contributed by atoms with Gasteiger partial charge in [0.2, 0.25) is 10.0 Å². The molecule has 2 aromatic carbocycles. The predicted molar refractivity (Wildman–Crippen MR) is 179 cm³/mol. The Morgan fingerprint density at radius 1 is 1.10 bits per heavy atom. The van der Waals surface area contributed by atoms with Gasteiger partial charge in [0.25, 0.3) is 0 Å². The minimum absolute atomic E-state index is 0.0552. The topological polar surface area (TPSA) is 133 Å². The van der Waals surface area contributed by atoms with Gasteiger partial charge in [-0.2, -0.15) is 9.97 Å². The highest BCUT2D eigenvalue weighted by Crippen LogP contribution is 2.42. The van der Waals surface area contributed by atoms with E-state index in [-0.39, 0.29) is 42.3 Å². The lowest BCUT2D eigenvalue weighted by atomic mass is 9.95. The van der Waals surface area contributed by atoms with Crippen molar-refractivity contribution in [2.24, 2.45) is 11.1 Å². The third-order valence-electron chi connectivity index (χ3n) is 10.0.